The molecule has 17 heavy (non-hydrogen) atoms. The van der Waals surface area contributed by atoms with Crippen molar-refractivity contribution in [2.45, 2.75) is 37.5 Å². The Labute approximate surface area is 103 Å². The van der Waals surface area contributed by atoms with E-state index in [0.717, 1.165) is 18.7 Å². The maximum atomic E-state index is 5.98. The molecule has 0 saturated heterocycles. The minimum Gasteiger partial charge on any atom is -0.497 e. The van der Waals surface area contributed by atoms with E-state index in [0.29, 0.717) is 11.3 Å². The van der Waals surface area contributed by atoms with Gasteiger partial charge in [-0.05, 0) is 66.8 Å². The molecule has 92 valence electrons. The van der Waals surface area contributed by atoms with Gasteiger partial charge < -0.3 is 10.5 Å². The fraction of sp³-hybridized carbons (Fsp3) is 0.600. The Morgan fingerprint density at radius 3 is 2.82 bits per heavy atom. The van der Waals surface area contributed by atoms with Crippen molar-refractivity contribution in [1.29, 1.82) is 0 Å². The van der Waals surface area contributed by atoms with Gasteiger partial charge in [0.25, 0.3) is 0 Å². The molecule has 2 N–H and O–H groups in total. The summed E-state index contributed by atoms with van der Waals surface area (Å²) in [6.45, 7) is 0.839. The molecule has 1 atom stereocenters. The van der Waals surface area contributed by atoms with Gasteiger partial charge >= 0.3 is 0 Å². The standard InChI is InChI=1S/C15H21NO/c1-17-13-5-6-14-11(9-13)3-4-12(10-16)15(14)7-2-8-15/h5-6,9,12H,2-4,7-8,10,16H2,1H3. The third-order valence-electron chi connectivity index (χ3n) is 4.92. The van der Waals surface area contributed by atoms with E-state index in [2.05, 4.69) is 18.2 Å². The first-order valence-electron chi connectivity index (χ1n) is 6.67. The van der Waals surface area contributed by atoms with Gasteiger partial charge in [-0.3, -0.25) is 0 Å². The van der Waals surface area contributed by atoms with Crippen LogP contribution in [0.5, 0.6) is 5.75 Å². The van der Waals surface area contributed by atoms with E-state index >= 15 is 0 Å². The zero-order valence-electron chi connectivity index (χ0n) is 10.5. The second kappa shape index (κ2) is 4.02. The highest BCUT2D eigenvalue weighted by Gasteiger charge is 2.47. The van der Waals surface area contributed by atoms with Crippen LogP contribution in [0.2, 0.25) is 0 Å². The first kappa shape index (κ1) is 11.1. The lowest BCUT2D eigenvalue weighted by molar-refractivity contribution is 0.129. The molecule has 0 aliphatic heterocycles. The van der Waals surface area contributed by atoms with Crippen molar-refractivity contribution in [2.24, 2.45) is 11.7 Å². The van der Waals surface area contributed by atoms with Crippen LogP contribution in [0.15, 0.2) is 18.2 Å². The van der Waals surface area contributed by atoms with Crippen molar-refractivity contribution >= 4 is 0 Å². The molecule has 1 saturated carbocycles. The molecule has 0 amide bonds. The molecule has 1 aromatic carbocycles. The van der Waals surface area contributed by atoms with E-state index in [1.807, 2.05) is 0 Å². The zero-order chi connectivity index (χ0) is 11.9. The Morgan fingerprint density at radius 2 is 2.24 bits per heavy atom. The lowest BCUT2D eigenvalue weighted by Crippen LogP contribution is -2.48. The first-order valence-corrected chi connectivity index (χ1v) is 6.67. The van der Waals surface area contributed by atoms with Gasteiger partial charge in [-0.1, -0.05) is 12.5 Å². The summed E-state index contributed by atoms with van der Waals surface area (Å²) in [6.07, 6.45) is 6.43. The Hall–Kier alpha value is -1.02. The fourth-order valence-electron chi connectivity index (χ4n) is 3.79. The lowest BCUT2D eigenvalue weighted by Gasteiger charge is -2.51. The molecule has 0 radical (unpaired) electrons. The molecule has 0 aromatic heterocycles. The van der Waals surface area contributed by atoms with Crippen LogP contribution in [0.3, 0.4) is 0 Å². The molecular weight excluding hydrogens is 210 g/mol. The number of rotatable bonds is 2. The molecule has 3 rings (SSSR count). The van der Waals surface area contributed by atoms with Crippen molar-refractivity contribution in [3.05, 3.63) is 29.3 Å². The van der Waals surface area contributed by atoms with E-state index in [1.54, 1.807) is 12.7 Å². The van der Waals surface area contributed by atoms with Gasteiger partial charge in [-0.25, -0.2) is 0 Å². The van der Waals surface area contributed by atoms with E-state index < -0.39 is 0 Å². The highest BCUT2D eigenvalue weighted by atomic mass is 16.5. The molecule has 2 heteroatoms. The van der Waals surface area contributed by atoms with Gasteiger partial charge in [0.2, 0.25) is 0 Å². The molecule has 0 bridgehead atoms. The van der Waals surface area contributed by atoms with Gasteiger partial charge in [0.15, 0.2) is 0 Å². The summed E-state index contributed by atoms with van der Waals surface area (Å²) < 4.78 is 5.33. The van der Waals surface area contributed by atoms with Crippen LogP contribution in [0.1, 0.15) is 36.8 Å². The molecule has 1 spiro atoms. The van der Waals surface area contributed by atoms with E-state index in [-0.39, 0.29) is 0 Å². The smallest absolute Gasteiger partial charge is 0.119 e. The minimum absolute atomic E-state index is 0.411. The van der Waals surface area contributed by atoms with Crippen molar-refractivity contribution in [1.82, 2.24) is 0 Å². The van der Waals surface area contributed by atoms with Gasteiger partial charge in [0.1, 0.15) is 5.75 Å². The summed E-state index contributed by atoms with van der Waals surface area (Å²) in [5.74, 6) is 1.68. The van der Waals surface area contributed by atoms with Crippen molar-refractivity contribution < 1.29 is 4.74 Å². The van der Waals surface area contributed by atoms with Crippen LogP contribution in [0, 0.1) is 5.92 Å². The SMILES string of the molecule is COc1ccc2c(c1)CCC(CN)C21CCC1. The third-order valence-corrected chi connectivity index (χ3v) is 4.92. The number of ether oxygens (including phenoxy) is 1. The van der Waals surface area contributed by atoms with E-state index in [9.17, 15) is 0 Å². The molecule has 2 aliphatic rings. The van der Waals surface area contributed by atoms with Gasteiger partial charge in [0, 0.05) is 0 Å². The summed E-state index contributed by atoms with van der Waals surface area (Å²) in [6, 6.07) is 6.62. The molecule has 2 nitrogen and oxygen atoms in total. The largest absolute Gasteiger partial charge is 0.497 e. The monoisotopic (exact) mass is 231 g/mol. The van der Waals surface area contributed by atoms with Crippen LogP contribution in [-0.2, 0) is 11.8 Å². The Bertz CT molecular complexity index is 423. The molecule has 1 unspecified atom stereocenters. The van der Waals surface area contributed by atoms with Crippen LogP contribution < -0.4 is 10.5 Å². The van der Waals surface area contributed by atoms with E-state index in [1.165, 1.54) is 31.2 Å². The summed E-state index contributed by atoms with van der Waals surface area (Å²) in [5.41, 5.74) is 9.44. The Balaban J connectivity index is 2.04. The summed E-state index contributed by atoms with van der Waals surface area (Å²) >= 11 is 0. The summed E-state index contributed by atoms with van der Waals surface area (Å²) in [7, 11) is 1.74. The number of benzene rings is 1. The van der Waals surface area contributed by atoms with E-state index in [4.69, 9.17) is 10.5 Å². The van der Waals surface area contributed by atoms with Crippen molar-refractivity contribution in [3.63, 3.8) is 0 Å². The predicted octanol–water partition coefficient (Wildman–Crippen LogP) is 2.64. The summed E-state index contributed by atoms with van der Waals surface area (Å²) in [4.78, 5) is 0. The molecule has 2 aliphatic carbocycles. The number of hydrogen-bond acceptors (Lipinski definition) is 2. The maximum Gasteiger partial charge on any atom is 0.119 e. The number of aryl methyl sites for hydroxylation is 1. The number of methoxy groups -OCH3 is 1. The molecule has 1 fully saturated rings. The van der Waals surface area contributed by atoms with Crippen molar-refractivity contribution in [2.75, 3.05) is 13.7 Å². The van der Waals surface area contributed by atoms with Crippen LogP contribution in [0.25, 0.3) is 0 Å². The molecular formula is C15H21NO. The highest BCUT2D eigenvalue weighted by Crippen LogP contribution is 2.54. The minimum atomic E-state index is 0.411. The topological polar surface area (TPSA) is 35.2 Å². The number of fused-ring (bicyclic) bond motifs is 2. The number of nitrogens with two attached hydrogens (primary N) is 1. The lowest BCUT2D eigenvalue weighted by atomic mass is 9.53. The Kier molecular flexibility index (Phi) is 2.62. The molecule has 1 aromatic rings. The average molecular weight is 231 g/mol. The normalized spacial score (nSPS) is 25.2. The quantitative estimate of drug-likeness (QED) is 0.849. The highest BCUT2D eigenvalue weighted by molar-refractivity contribution is 5.44. The zero-order valence-corrected chi connectivity index (χ0v) is 10.5. The van der Waals surface area contributed by atoms with Crippen LogP contribution >= 0.6 is 0 Å². The maximum absolute atomic E-state index is 5.98. The Morgan fingerprint density at radius 1 is 1.41 bits per heavy atom. The second-order valence-corrected chi connectivity index (χ2v) is 5.50. The van der Waals surface area contributed by atoms with Gasteiger partial charge in [0.05, 0.1) is 7.11 Å². The second-order valence-electron chi connectivity index (χ2n) is 5.50. The number of hydrogen-bond donors (Lipinski definition) is 1. The first-order chi connectivity index (χ1) is 8.30. The fourth-order valence-corrected chi connectivity index (χ4v) is 3.79. The average Bonchev–Trinajstić information content (AvgIpc) is 2.34. The summed E-state index contributed by atoms with van der Waals surface area (Å²) in [5, 5.41) is 0. The molecule has 0 heterocycles. The van der Waals surface area contributed by atoms with Gasteiger partial charge in [-0.2, -0.15) is 0 Å². The predicted molar refractivity (Wildman–Crippen MR) is 69.4 cm³/mol. The third kappa shape index (κ3) is 1.50. The van der Waals surface area contributed by atoms with Crippen LogP contribution in [0.4, 0.5) is 0 Å². The van der Waals surface area contributed by atoms with Crippen LogP contribution in [-0.4, -0.2) is 13.7 Å². The van der Waals surface area contributed by atoms with Crippen molar-refractivity contribution in [3.8, 4) is 5.75 Å². The van der Waals surface area contributed by atoms with Gasteiger partial charge in [-0.15, -0.1) is 0 Å².